The molecule has 0 saturated heterocycles. The van der Waals surface area contributed by atoms with Crippen molar-refractivity contribution >= 4 is 17.7 Å². The summed E-state index contributed by atoms with van der Waals surface area (Å²) in [6.07, 6.45) is -4.97. The summed E-state index contributed by atoms with van der Waals surface area (Å²) in [5, 5.41) is 13.7. The summed E-state index contributed by atoms with van der Waals surface area (Å²) >= 11 is 0. The van der Waals surface area contributed by atoms with Gasteiger partial charge < -0.3 is 9.84 Å². The van der Waals surface area contributed by atoms with Crippen LogP contribution >= 0.6 is 0 Å². The quantitative estimate of drug-likeness (QED) is 0.827. The number of amides is 1. The lowest BCUT2D eigenvalue weighted by molar-refractivity contribution is -0.140. The highest BCUT2D eigenvalue weighted by Gasteiger charge is 2.41. The number of carbonyl (C=O) groups is 2. The molecule has 1 aromatic heterocycles. The third kappa shape index (κ3) is 3.28. The predicted octanol–water partition coefficient (Wildman–Crippen LogP) is 1.87. The van der Waals surface area contributed by atoms with Gasteiger partial charge in [-0.15, -0.1) is 0 Å². The van der Waals surface area contributed by atoms with Gasteiger partial charge in [-0.1, -0.05) is 12.7 Å². The van der Waals surface area contributed by atoms with E-state index >= 15 is 0 Å². The number of hydrogen-bond donors (Lipinski definition) is 2. The molecule has 0 saturated carbocycles. The smallest absolute Gasteiger partial charge is 0.437 e. The van der Waals surface area contributed by atoms with Crippen molar-refractivity contribution < 1.29 is 32.6 Å². The highest BCUT2D eigenvalue weighted by Crippen LogP contribution is 2.35. The van der Waals surface area contributed by atoms with E-state index in [0.717, 1.165) is 7.05 Å². The third-order valence-electron chi connectivity index (χ3n) is 2.08. The third-order valence-corrected chi connectivity index (χ3v) is 2.08. The number of ether oxygens (including phenoxy) is 1. The number of alkyl halides is 3. The lowest BCUT2D eigenvalue weighted by Crippen LogP contribution is -2.19. The number of aromatic carboxylic acids is 1. The maximum Gasteiger partial charge on any atom is 0.437 e. The molecule has 2 N–H and O–H groups in total. The molecule has 0 unspecified atom stereocenters. The van der Waals surface area contributed by atoms with Crippen molar-refractivity contribution in [2.45, 2.75) is 6.18 Å². The second-order valence-corrected chi connectivity index (χ2v) is 3.51. The van der Waals surface area contributed by atoms with Gasteiger partial charge in [-0.05, 0) is 0 Å². The van der Waals surface area contributed by atoms with Gasteiger partial charge in [-0.3, -0.25) is 10.00 Å². The van der Waals surface area contributed by atoms with E-state index in [9.17, 15) is 22.8 Å². The number of carboxylic acids is 1. The SMILES string of the molecule is C=CCOC(=O)Nc1c(C(F)(F)F)nn(C)c1C(=O)O. The highest BCUT2D eigenvalue weighted by atomic mass is 19.4. The molecule has 0 bridgehead atoms. The summed E-state index contributed by atoms with van der Waals surface area (Å²) in [4.78, 5) is 22.2. The largest absolute Gasteiger partial charge is 0.476 e. The van der Waals surface area contributed by atoms with Crippen LogP contribution in [0.4, 0.5) is 23.7 Å². The Morgan fingerprint density at radius 2 is 2.15 bits per heavy atom. The van der Waals surface area contributed by atoms with Gasteiger partial charge in [0.2, 0.25) is 0 Å². The maximum atomic E-state index is 12.7. The minimum atomic E-state index is -4.92. The molecule has 1 aromatic rings. The number of nitrogens with one attached hydrogen (secondary N) is 1. The first-order chi connectivity index (χ1) is 9.18. The Hall–Kier alpha value is -2.52. The second-order valence-electron chi connectivity index (χ2n) is 3.51. The van der Waals surface area contributed by atoms with Crippen molar-refractivity contribution in [1.82, 2.24) is 9.78 Å². The van der Waals surface area contributed by atoms with E-state index in [4.69, 9.17) is 5.11 Å². The molecule has 10 heteroatoms. The molecule has 7 nitrogen and oxygen atoms in total. The number of aromatic nitrogens is 2. The topological polar surface area (TPSA) is 93.5 Å². The van der Waals surface area contributed by atoms with Crippen LogP contribution in [0.15, 0.2) is 12.7 Å². The van der Waals surface area contributed by atoms with Gasteiger partial charge in [0.05, 0.1) is 0 Å². The van der Waals surface area contributed by atoms with Gasteiger partial charge in [0.1, 0.15) is 12.3 Å². The Balaban J connectivity index is 3.23. The van der Waals surface area contributed by atoms with E-state index in [0.29, 0.717) is 4.68 Å². The van der Waals surface area contributed by atoms with Gasteiger partial charge in [0.15, 0.2) is 11.4 Å². The fourth-order valence-corrected chi connectivity index (χ4v) is 1.36. The molecule has 0 radical (unpaired) electrons. The molecule has 0 aliphatic heterocycles. The van der Waals surface area contributed by atoms with Crippen LogP contribution in [0.5, 0.6) is 0 Å². The Bertz CT molecular complexity index is 551. The Kier molecular flexibility index (Phi) is 4.38. The van der Waals surface area contributed by atoms with Crippen LogP contribution in [0.25, 0.3) is 0 Å². The van der Waals surface area contributed by atoms with E-state index in [1.807, 2.05) is 0 Å². The lowest BCUT2D eigenvalue weighted by atomic mass is 10.2. The molecule has 0 atom stereocenters. The zero-order valence-corrected chi connectivity index (χ0v) is 10.2. The van der Waals surface area contributed by atoms with Crippen LogP contribution in [0, 0.1) is 0 Å². The average molecular weight is 293 g/mol. The van der Waals surface area contributed by atoms with Gasteiger partial charge in [0.25, 0.3) is 0 Å². The van der Waals surface area contributed by atoms with Crippen LogP contribution in [0.2, 0.25) is 0 Å². The van der Waals surface area contributed by atoms with E-state index in [-0.39, 0.29) is 6.61 Å². The summed E-state index contributed by atoms with van der Waals surface area (Å²) < 4.78 is 43.1. The molecule has 0 aliphatic rings. The monoisotopic (exact) mass is 293 g/mol. The van der Waals surface area contributed by atoms with Crippen LogP contribution in [-0.4, -0.2) is 33.6 Å². The highest BCUT2D eigenvalue weighted by molar-refractivity contribution is 5.98. The molecular weight excluding hydrogens is 283 g/mol. The van der Waals surface area contributed by atoms with Crippen molar-refractivity contribution in [2.75, 3.05) is 11.9 Å². The van der Waals surface area contributed by atoms with Gasteiger partial charge in [-0.2, -0.15) is 18.3 Å². The summed E-state index contributed by atoms with van der Waals surface area (Å²) in [5.41, 5.74) is -3.30. The maximum absolute atomic E-state index is 12.7. The van der Waals surface area contributed by atoms with E-state index < -0.39 is 35.3 Å². The Labute approximate surface area is 110 Å². The minimum absolute atomic E-state index is 0.240. The van der Waals surface area contributed by atoms with E-state index in [2.05, 4.69) is 16.4 Å². The van der Waals surface area contributed by atoms with Crippen molar-refractivity contribution in [3.63, 3.8) is 0 Å². The first kappa shape index (κ1) is 15.5. The van der Waals surface area contributed by atoms with Crippen molar-refractivity contribution in [1.29, 1.82) is 0 Å². The molecule has 110 valence electrons. The molecular formula is C10H10F3N3O4. The molecule has 0 aliphatic carbocycles. The zero-order valence-electron chi connectivity index (χ0n) is 10.2. The Morgan fingerprint density at radius 3 is 2.60 bits per heavy atom. The minimum Gasteiger partial charge on any atom is -0.476 e. The first-order valence-corrected chi connectivity index (χ1v) is 5.10. The predicted molar refractivity (Wildman–Crippen MR) is 60.3 cm³/mol. The molecule has 1 heterocycles. The van der Waals surface area contributed by atoms with Crippen molar-refractivity contribution in [3.05, 3.63) is 24.0 Å². The van der Waals surface area contributed by atoms with Crippen LogP contribution < -0.4 is 5.32 Å². The van der Waals surface area contributed by atoms with E-state index in [1.54, 1.807) is 5.32 Å². The van der Waals surface area contributed by atoms with Crippen LogP contribution in [0.1, 0.15) is 16.2 Å². The van der Waals surface area contributed by atoms with E-state index in [1.165, 1.54) is 6.08 Å². The number of carboxylic acid groups (broad SMARTS) is 1. The summed E-state index contributed by atoms with van der Waals surface area (Å²) in [5.74, 6) is -1.67. The number of aryl methyl sites for hydroxylation is 1. The van der Waals surface area contributed by atoms with Gasteiger partial charge >= 0.3 is 18.2 Å². The first-order valence-electron chi connectivity index (χ1n) is 5.10. The summed E-state index contributed by atoms with van der Waals surface area (Å²) in [6, 6.07) is 0. The van der Waals surface area contributed by atoms with Crippen molar-refractivity contribution in [2.24, 2.45) is 7.05 Å². The molecule has 1 rings (SSSR count). The zero-order chi connectivity index (χ0) is 15.5. The number of nitrogens with zero attached hydrogens (tertiary/aromatic N) is 2. The normalized spacial score (nSPS) is 11.0. The number of carbonyl (C=O) groups excluding carboxylic acids is 1. The van der Waals surface area contributed by atoms with Gasteiger partial charge in [0, 0.05) is 7.05 Å². The Morgan fingerprint density at radius 1 is 1.55 bits per heavy atom. The lowest BCUT2D eigenvalue weighted by Gasteiger charge is -2.08. The molecule has 0 fully saturated rings. The number of anilines is 1. The number of rotatable bonds is 4. The van der Waals surface area contributed by atoms with Crippen LogP contribution in [0.3, 0.4) is 0 Å². The summed E-state index contributed by atoms with van der Waals surface area (Å²) in [7, 11) is 1.01. The number of halogens is 3. The fraction of sp³-hybridized carbons (Fsp3) is 0.300. The molecule has 0 spiro atoms. The molecule has 20 heavy (non-hydrogen) atoms. The molecule has 0 aromatic carbocycles. The van der Waals surface area contributed by atoms with Gasteiger partial charge in [-0.25, -0.2) is 9.59 Å². The summed E-state index contributed by atoms with van der Waals surface area (Å²) in [6.45, 7) is 3.01. The molecule has 1 amide bonds. The second kappa shape index (κ2) is 5.63. The average Bonchev–Trinajstić information content (AvgIpc) is 2.63. The van der Waals surface area contributed by atoms with Crippen molar-refractivity contribution in [3.8, 4) is 0 Å². The standard InChI is InChI=1S/C10H10F3N3O4/c1-3-4-20-9(19)14-5-6(8(17)18)16(2)15-7(5)10(11,12)13/h3H,1,4H2,2H3,(H,14,19)(H,17,18). The van der Waals surface area contributed by atoms with Crippen LogP contribution in [-0.2, 0) is 18.0 Å². The fourth-order valence-electron chi connectivity index (χ4n) is 1.36. The number of hydrogen-bond acceptors (Lipinski definition) is 4.